The lowest BCUT2D eigenvalue weighted by molar-refractivity contribution is 0.0979. The maximum atomic E-state index is 6.02. The number of hydrogen-bond donors (Lipinski definition) is 1. The minimum atomic E-state index is 0.259. The lowest BCUT2D eigenvalue weighted by Crippen LogP contribution is -2.40. The monoisotopic (exact) mass is 264 g/mol. The summed E-state index contributed by atoms with van der Waals surface area (Å²) in [5, 5.41) is 0. The molecule has 1 aromatic rings. The van der Waals surface area contributed by atoms with Crippen molar-refractivity contribution in [1.82, 2.24) is 4.90 Å². The van der Waals surface area contributed by atoms with Gasteiger partial charge in [0, 0.05) is 32.3 Å². The standard InChI is InChI=1S/C16H28N2O/c1-12(2)18(8-9-19-5)16(11-17)15-7-6-13(3)14(4)10-15/h6-7,10,12,16H,8-9,11,17H2,1-5H3. The molecule has 2 N–H and O–H groups in total. The molecule has 0 aliphatic heterocycles. The number of methoxy groups -OCH3 is 1. The molecule has 3 heteroatoms. The highest BCUT2D eigenvalue weighted by Crippen LogP contribution is 2.23. The fraction of sp³-hybridized carbons (Fsp3) is 0.625. The van der Waals surface area contributed by atoms with E-state index in [9.17, 15) is 0 Å². The Morgan fingerprint density at radius 3 is 2.37 bits per heavy atom. The Balaban J connectivity index is 2.97. The number of nitrogens with two attached hydrogens (primary N) is 1. The minimum Gasteiger partial charge on any atom is -0.383 e. The Morgan fingerprint density at radius 2 is 1.89 bits per heavy atom. The van der Waals surface area contributed by atoms with Gasteiger partial charge in [0.1, 0.15) is 0 Å². The molecule has 1 aromatic carbocycles. The summed E-state index contributed by atoms with van der Waals surface area (Å²) in [6.45, 7) is 11.0. The zero-order valence-corrected chi connectivity index (χ0v) is 12.9. The number of aryl methyl sites for hydroxylation is 2. The van der Waals surface area contributed by atoms with Crippen LogP contribution in [0.3, 0.4) is 0 Å². The van der Waals surface area contributed by atoms with E-state index in [4.69, 9.17) is 10.5 Å². The summed E-state index contributed by atoms with van der Waals surface area (Å²) in [7, 11) is 1.74. The van der Waals surface area contributed by atoms with E-state index in [1.165, 1.54) is 16.7 Å². The van der Waals surface area contributed by atoms with E-state index in [1.54, 1.807) is 7.11 Å². The molecule has 0 spiro atoms. The van der Waals surface area contributed by atoms with E-state index < -0.39 is 0 Å². The summed E-state index contributed by atoms with van der Waals surface area (Å²) >= 11 is 0. The van der Waals surface area contributed by atoms with Crippen molar-refractivity contribution in [2.45, 2.75) is 39.8 Å². The van der Waals surface area contributed by atoms with Gasteiger partial charge in [-0.15, -0.1) is 0 Å². The van der Waals surface area contributed by atoms with Crippen molar-refractivity contribution in [3.05, 3.63) is 34.9 Å². The van der Waals surface area contributed by atoms with E-state index >= 15 is 0 Å². The molecule has 108 valence electrons. The lowest BCUT2D eigenvalue weighted by Gasteiger charge is -2.34. The van der Waals surface area contributed by atoms with Crippen LogP contribution in [0.1, 0.15) is 36.6 Å². The van der Waals surface area contributed by atoms with Crippen molar-refractivity contribution in [2.24, 2.45) is 5.73 Å². The maximum Gasteiger partial charge on any atom is 0.0590 e. The van der Waals surface area contributed by atoms with Gasteiger partial charge in [0.15, 0.2) is 0 Å². The van der Waals surface area contributed by atoms with Crippen LogP contribution in [0.4, 0.5) is 0 Å². The Bertz CT molecular complexity index is 390. The summed E-state index contributed by atoms with van der Waals surface area (Å²) in [5.74, 6) is 0. The van der Waals surface area contributed by atoms with Crippen LogP contribution in [0, 0.1) is 13.8 Å². The van der Waals surface area contributed by atoms with Gasteiger partial charge in [-0.1, -0.05) is 18.2 Å². The van der Waals surface area contributed by atoms with Crippen molar-refractivity contribution in [1.29, 1.82) is 0 Å². The highest BCUT2D eigenvalue weighted by atomic mass is 16.5. The summed E-state index contributed by atoms with van der Waals surface area (Å²) in [4.78, 5) is 2.41. The van der Waals surface area contributed by atoms with E-state index in [0.717, 1.165) is 13.2 Å². The molecular formula is C16H28N2O. The second-order valence-corrected chi connectivity index (χ2v) is 5.42. The van der Waals surface area contributed by atoms with Crippen molar-refractivity contribution in [3.63, 3.8) is 0 Å². The van der Waals surface area contributed by atoms with Crippen LogP contribution in [-0.2, 0) is 4.74 Å². The van der Waals surface area contributed by atoms with Gasteiger partial charge in [-0.25, -0.2) is 0 Å². The first-order valence-electron chi connectivity index (χ1n) is 7.03. The highest BCUT2D eigenvalue weighted by molar-refractivity contribution is 5.32. The van der Waals surface area contributed by atoms with Gasteiger partial charge < -0.3 is 10.5 Å². The van der Waals surface area contributed by atoms with E-state index in [1.807, 2.05) is 0 Å². The molecule has 3 nitrogen and oxygen atoms in total. The summed E-state index contributed by atoms with van der Waals surface area (Å²) in [6.07, 6.45) is 0. The molecule has 0 aromatic heterocycles. The van der Waals surface area contributed by atoms with E-state index in [0.29, 0.717) is 12.6 Å². The van der Waals surface area contributed by atoms with Crippen LogP contribution in [0.2, 0.25) is 0 Å². The highest BCUT2D eigenvalue weighted by Gasteiger charge is 2.21. The molecule has 0 fully saturated rings. The Kier molecular flexibility index (Phi) is 6.49. The van der Waals surface area contributed by atoms with Crippen molar-refractivity contribution in [2.75, 3.05) is 26.8 Å². The molecule has 0 aliphatic carbocycles. The summed E-state index contributed by atoms with van der Waals surface area (Å²) < 4.78 is 5.21. The quantitative estimate of drug-likeness (QED) is 0.823. The van der Waals surface area contributed by atoms with Crippen molar-refractivity contribution < 1.29 is 4.74 Å². The van der Waals surface area contributed by atoms with Crippen LogP contribution < -0.4 is 5.73 Å². The Labute approximate surface area is 117 Å². The molecule has 1 unspecified atom stereocenters. The van der Waals surface area contributed by atoms with Gasteiger partial charge in [0.2, 0.25) is 0 Å². The van der Waals surface area contributed by atoms with Gasteiger partial charge in [0.25, 0.3) is 0 Å². The van der Waals surface area contributed by atoms with Gasteiger partial charge in [-0.3, -0.25) is 4.90 Å². The van der Waals surface area contributed by atoms with Gasteiger partial charge in [-0.2, -0.15) is 0 Å². The molecule has 1 rings (SSSR count). The average Bonchev–Trinajstić information content (AvgIpc) is 2.37. The fourth-order valence-corrected chi connectivity index (χ4v) is 2.41. The zero-order chi connectivity index (χ0) is 14.4. The molecule has 0 bridgehead atoms. The van der Waals surface area contributed by atoms with Crippen LogP contribution in [-0.4, -0.2) is 37.7 Å². The van der Waals surface area contributed by atoms with Crippen LogP contribution in [0.5, 0.6) is 0 Å². The van der Waals surface area contributed by atoms with Gasteiger partial charge in [0.05, 0.1) is 6.61 Å². The third-order valence-corrected chi connectivity index (χ3v) is 3.76. The minimum absolute atomic E-state index is 0.259. The molecule has 19 heavy (non-hydrogen) atoms. The van der Waals surface area contributed by atoms with E-state index in [2.05, 4.69) is 50.8 Å². The maximum absolute atomic E-state index is 6.02. The topological polar surface area (TPSA) is 38.5 Å². The SMILES string of the molecule is COCCN(C(C)C)C(CN)c1ccc(C)c(C)c1. The number of benzene rings is 1. The molecular weight excluding hydrogens is 236 g/mol. The molecule has 0 aliphatic rings. The number of rotatable bonds is 7. The fourth-order valence-electron chi connectivity index (χ4n) is 2.41. The molecule has 0 heterocycles. The van der Waals surface area contributed by atoms with Crippen molar-refractivity contribution in [3.8, 4) is 0 Å². The molecule has 0 radical (unpaired) electrons. The third-order valence-electron chi connectivity index (χ3n) is 3.76. The normalized spacial score (nSPS) is 13.3. The van der Waals surface area contributed by atoms with Gasteiger partial charge in [-0.05, 0) is 44.4 Å². The first kappa shape index (κ1) is 16.2. The first-order chi connectivity index (χ1) is 9.01. The molecule has 0 amide bonds. The van der Waals surface area contributed by atoms with Crippen LogP contribution in [0.15, 0.2) is 18.2 Å². The van der Waals surface area contributed by atoms with Crippen molar-refractivity contribution >= 4 is 0 Å². The average molecular weight is 264 g/mol. The number of hydrogen-bond acceptors (Lipinski definition) is 3. The smallest absolute Gasteiger partial charge is 0.0590 e. The molecule has 1 atom stereocenters. The summed E-state index contributed by atoms with van der Waals surface area (Å²) in [5.41, 5.74) is 9.97. The number of ether oxygens (including phenoxy) is 1. The second kappa shape index (κ2) is 7.63. The Hall–Kier alpha value is -0.900. The first-order valence-corrected chi connectivity index (χ1v) is 7.03. The summed E-state index contributed by atoms with van der Waals surface area (Å²) in [6, 6.07) is 7.35. The molecule has 0 saturated carbocycles. The zero-order valence-electron chi connectivity index (χ0n) is 12.9. The predicted molar refractivity (Wildman–Crippen MR) is 81.4 cm³/mol. The van der Waals surface area contributed by atoms with Crippen LogP contribution >= 0.6 is 0 Å². The second-order valence-electron chi connectivity index (χ2n) is 5.42. The predicted octanol–water partition coefficient (Wildman–Crippen LogP) is 2.66. The van der Waals surface area contributed by atoms with E-state index in [-0.39, 0.29) is 6.04 Å². The third kappa shape index (κ3) is 4.30. The van der Waals surface area contributed by atoms with Crippen LogP contribution in [0.25, 0.3) is 0 Å². The molecule has 0 saturated heterocycles. The largest absolute Gasteiger partial charge is 0.383 e. The lowest BCUT2D eigenvalue weighted by atomic mass is 9.99. The number of nitrogens with zero attached hydrogens (tertiary/aromatic N) is 1. The Morgan fingerprint density at radius 1 is 1.21 bits per heavy atom. The van der Waals surface area contributed by atoms with Gasteiger partial charge >= 0.3 is 0 Å².